The normalized spacial score (nSPS) is 12.7. The molecule has 2 aromatic rings. The molecule has 0 aliphatic carbocycles. The topological polar surface area (TPSA) is 17.1 Å². The molecule has 0 fully saturated rings. The zero-order chi connectivity index (χ0) is 11.9. The van der Waals surface area contributed by atoms with Crippen molar-refractivity contribution in [1.82, 2.24) is 0 Å². The molecule has 1 nitrogen and oxygen atoms in total. The van der Waals surface area contributed by atoms with Crippen molar-refractivity contribution in [2.75, 3.05) is 0 Å². The molecule has 0 spiro atoms. The Hall–Kier alpha value is -1.50. The van der Waals surface area contributed by atoms with E-state index in [9.17, 15) is 3.83 Å². The van der Waals surface area contributed by atoms with E-state index in [0.29, 0.717) is 5.32 Å². The van der Waals surface area contributed by atoms with Crippen LogP contribution in [0.1, 0.15) is 5.56 Å². The van der Waals surface area contributed by atoms with E-state index in [1.807, 2.05) is 72.8 Å². The van der Waals surface area contributed by atoms with E-state index in [4.69, 9.17) is 0 Å². The van der Waals surface area contributed by atoms with E-state index in [1.54, 1.807) is 0 Å². The molecule has 0 aliphatic rings. The second-order valence-corrected chi connectivity index (χ2v) is 6.78. The number of rotatable bonds is 4. The van der Waals surface area contributed by atoms with Gasteiger partial charge in [-0.05, 0) is 0 Å². The van der Waals surface area contributed by atoms with E-state index in [0.717, 1.165) is 10.0 Å². The van der Waals surface area contributed by atoms with Crippen LogP contribution in [0, 0.1) is 0 Å². The molecule has 0 aromatic heterocycles. The average Bonchev–Trinajstić information content (AvgIpc) is 2.41. The van der Waals surface area contributed by atoms with Crippen LogP contribution in [-0.4, -0.2) is 13.8 Å². The molecule has 0 radical (unpaired) electrons. The predicted octanol–water partition coefficient (Wildman–Crippen LogP) is 3.03. The zero-order valence-corrected chi connectivity index (χ0v) is 11.2. The monoisotopic (exact) mass is 290 g/mol. The molecule has 1 atom stereocenters. The van der Waals surface area contributed by atoms with Gasteiger partial charge in [-0.1, -0.05) is 0 Å². The number of hydrogen-bond acceptors (Lipinski definition) is 1. The van der Waals surface area contributed by atoms with Gasteiger partial charge >= 0.3 is 106 Å². The number of allylic oxidation sites excluding steroid dienone is 1. The molecule has 17 heavy (non-hydrogen) atoms. The predicted molar refractivity (Wildman–Crippen MR) is 72.8 cm³/mol. The van der Waals surface area contributed by atoms with Crippen molar-refractivity contribution >= 4 is 24.4 Å². The van der Waals surface area contributed by atoms with Crippen LogP contribution in [0.25, 0.3) is 6.08 Å². The first-order chi connectivity index (χ1) is 8.36. The Morgan fingerprint density at radius 2 is 1.47 bits per heavy atom. The summed E-state index contributed by atoms with van der Waals surface area (Å²) < 4.78 is 13.0. The Balaban J connectivity index is 1.95. The van der Waals surface area contributed by atoms with Gasteiger partial charge < -0.3 is 0 Å². The van der Waals surface area contributed by atoms with Gasteiger partial charge in [-0.2, -0.15) is 0 Å². The molecule has 86 valence electrons. The Morgan fingerprint density at radius 1 is 0.882 bits per heavy atom. The van der Waals surface area contributed by atoms with Gasteiger partial charge in [-0.25, -0.2) is 0 Å². The van der Waals surface area contributed by atoms with Crippen LogP contribution in [0.4, 0.5) is 0 Å². The van der Waals surface area contributed by atoms with E-state index in [2.05, 4.69) is 0 Å². The molecular weight excluding hydrogens is 275 g/mol. The van der Waals surface area contributed by atoms with Crippen LogP contribution in [0.2, 0.25) is 5.32 Å². The van der Waals surface area contributed by atoms with Crippen molar-refractivity contribution in [2.45, 2.75) is 5.32 Å². The van der Waals surface area contributed by atoms with Crippen LogP contribution in [0.15, 0.2) is 66.7 Å². The fourth-order valence-corrected chi connectivity index (χ4v) is 3.44. The molecule has 0 heterocycles. The zero-order valence-electron chi connectivity index (χ0n) is 9.45. The third-order valence-electron chi connectivity index (χ3n) is 2.36. The van der Waals surface area contributed by atoms with Crippen molar-refractivity contribution in [2.24, 2.45) is 0 Å². The van der Waals surface area contributed by atoms with Crippen molar-refractivity contribution in [3.05, 3.63) is 72.3 Å². The molecular formula is C15H14OSe. The van der Waals surface area contributed by atoms with E-state index in [1.165, 1.54) is 0 Å². The third kappa shape index (κ3) is 3.77. The third-order valence-corrected chi connectivity index (χ3v) is 5.08. The Labute approximate surface area is 106 Å². The summed E-state index contributed by atoms with van der Waals surface area (Å²) in [7, 11) is 0. The summed E-state index contributed by atoms with van der Waals surface area (Å²) in [6.07, 6.45) is 4.03. The molecule has 2 aromatic carbocycles. The van der Waals surface area contributed by atoms with Crippen molar-refractivity contribution in [1.29, 1.82) is 0 Å². The molecule has 0 bridgehead atoms. The summed E-state index contributed by atoms with van der Waals surface area (Å²) in [6, 6.07) is 19.8. The van der Waals surface area contributed by atoms with Gasteiger partial charge in [0, 0.05) is 0 Å². The van der Waals surface area contributed by atoms with Crippen molar-refractivity contribution in [3.63, 3.8) is 0 Å². The molecule has 0 aliphatic heterocycles. The minimum absolute atomic E-state index is 0.652. The van der Waals surface area contributed by atoms with Gasteiger partial charge in [0.05, 0.1) is 0 Å². The number of hydrogen-bond donors (Lipinski definition) is 0. The molecule has 0 amide bonds. The SMILES string of the molecule is O=[Se](CC=Cc1ccccc1)c1ccccc1. The first kappa shape index (κ1) is 12.0. The maximum absolute atomic E-state index is 12.0. The average molecular weight is 289 g/mol. The summed E-state index contributed by atoms with van der Waals surface area (Å²) in [5.74, 6) is 0. The molecule has 2 rings (SSSR count). The van der Waals surface area contributed by atoms with E-state index >= 15 is 0 Å². The maximum atomic E-state index is 12.0. The van der Waals surface area contributed by atoms with E-state index < -0.39 is 13.8 Å². The summed E-state index contributed by atoms with van der Waals surface area (Å²) in [5.41, 5.74) is 1.15. The van der Waals surface area contributed by atoms with Gasteiger partial charge in [0.1, 0.15) is 0 Å². The van der Waals surface area contributed by atoms with Crippen LogP contribution in [0.3, 0.4) is 0 Å². The summed E-state index contributed by atoms with van der Waals surface area (Å²) in [5, 5.41) is 0.652. The summed E-state index contributed by atoms with van der Waals surface area (Å²) >= 11 is -1.90. The van der Waals surface area contributed by atoms with Crippen LogP contribution in [-0.2, 0) is 3.83 Å². The molecule has 0 N–H and O–H groups in total. The van der Waals surface area contributed by atoms with Crippen LogP contribution < -0.4 is 4.46 Å². The molecule has 0 saturated heterocycles. The van der Waals surface area contributed by atoms with Crippen LogP contribution in [0.5, 0.6) is 0 Å². The second-order valence-electron chi connectivity index (χ2n) is 3.64. The van der Waals surface area contributed by atoms with Gasteiger partial charge in [-0.3, -0.25) is 0 Å². The quantitative estimate of drug-likeness (QED) is 0.791. The van der Waals surface area contributed by atoms with Gasteiger partial charge in [0.2, 0.25) is 0 Å². The summed E-state index contributed by atoms with van der Waals surface area (Å²) in [4.78, 5) is 0. The van der Waals surface area contributed by atoms with Crippen molar-refractivity contribution in [3.8, 4) is 0 Å². The first-order valence-corrected chi connectivity index (χ1v) is 8.28. The fourth-order valence-electron chi connectivity index (χ4n) is 1.50. The number of benzene rings is 2. The van der Waals surface area contributed by atoms with Crippen molar-refractivity contribution < 1.29 is 3.83 Å². The Kier molecular flexibility index (Phi) is 4.43. The molecule has 1 unspecified atom stereocenters. The first-order valence-electron chi connectivity index (χ1n) is 5.51. The second kappa shape index (κ2) is 6.29. The van der Waals surface area contributed by atoms with E-state index in [-0.39, 0.29) is 0 Å². The van der Waals surface area contributed by atoms with Gasteiger partial charge in [0.25, 0.3) is 0 Å². The van der Waals surface area contributed by atoms with Crippen LogP contribution >= 0.6 is 0 Å². The Morgan fingerprint density at radius 3 is 2.12 bits per heavy atom. The standard InChI is InChI=1S/C15H14OSe/c16-17(15-11-5-2-6-12-15)13-7-10-14-8-3-1-4-9-14/h1-12H,13H2. The molecule has 0 saturated carbocycles. The minimum atomic E-state index is -1.90. The van der Waals surface area contributed by atoms with Gasteiger partial charge in [0.15, 0.2) is 0 Å². The Bertz CT molecular complexity index is 503. The fraction of sp³-hybridized carbons (Fsp3) is 0.0667. The summed E-state index contributed by atoms with van der Waals surface area (Å²) in [6.45, 7) is 0. The molecule has 2 heteroatoms. The van der Waals surface area contributed by atoms with Gasteiger partial charge in [-0.15, -0.1) is 0 Å².